The van der Waals surface area contributed by atoms with Gasteiger partial charge in [0.05, 0.1) is 3.79 Å². The third-order valence-electron chi connectivity index (χ3n) is 3.95. The average Bonchev–Trinajstić information content (AvgIpc) is 2.92. The molecule has 0 atom stereocenters. The number of ether oxygens (including phenoxy) is 1. The molecule has 1 saturated heterocycles. The minimum Gasteiger partial charge on any atom is -0.381 e. The predicted octanol–water partition coefficient (Wildman–Crippen LogP) is 5.07. The lowest BCUT2D eigenvalue weighted by molar-refractivity contribution is 0.0359. The van der Waals surface area contributed by atoms with E-state index >= 15 is 0 Å². The summed E-state index contributed by atoms with van der Waals surface area (Å²) in [7, 11) is 0. The van der Waals surface area contributed by atoms with E-state index < -0.39 is 0 Å². The van der Waals surface area contributed by atoms with Crippen LogP contribution in [0.3, 0.4) is 0 Å². The molecule has 5 heteroatoms. The summed E-state index contributed by atoms with van der Waals surface area (Å²) >= 11 is 8.91. The van der Waals surface area contributed by atoms with Gasteiger partial charge in [0, 0.05) is 34.6 Å². The molecular weight excluding hydrogens is 414 g/mol. The first-order valence-corrected chi connectivity index (χ1v) is 9.41. The summed E-state index contributed by atoms with van der Waals surface area (Å²) in [6.07, 6.45) is 2.02. The van der Waals surface area contributed by atoms with Crippen LogP contribution in [0.25, 0.3) is 0 Å². The summed E-state index contributed by atoms with van der Waals surface area (Å²) < 4.78 is 7.89. The Bertz CT molecular complexity index is 608. The summed E-state index contributed by atoms with van der Waals surface area (Å²) in [5, 5.41) is 3.80. The van der Waals surface area contributed by atoms with E-state index in [1.165, 1.54) is 14.2 Å². The van der Waals surface area contributed by atoms with Gasteiger partial charge < -0.3 is 10.1 Å². The second-order valence-corrected chi connectivity index (χ2v) is 8.73. The number of hydrogen-bond acceptors (Lipinski definition) is 3. The van der Waals surface area contributed by atoms with Gasteiger partial charge in [0.25, 0.3) is 0 Å². The summed E-state index contributed by atoms with van der Waals surface area (Å²) in [4.78, 5) is 1.35. The highest BCUT2D eigenvalue weighted by Crippen LogP contribution is 2.34. The molecule has 0 saturated carbocycles. The van der Waals surface area contributed by atoms with Crippen LogP contribution in [0.15, 0.2) is 44.7 Å². The van der Waals surface area contributed by atoms with E-state index in [9.17, 15) is 0 Å². The first-order valence-electron chi connectivity index (χ1n) is 7.01. The fourth-order valence-corrected chi connectivity index (χ4v) is 4.60. The lowest BCUT2D eigenvalue weighted by Gasteiger charge is -2.39. The van der Waals surface area contributed by atoms with Crippen molar-refractivity contribution < 1.29 is 4.74 Å². The average molecular weight is 431 g/mol. The summed E-state index contributed by atoms with van der Waals surface area (Å²) in [6.45, 7) is 2.52. The van der Waals surface area contributed by atoms with Crippen molar-refractivity contribution in [1.29, 1.82) is 0 Å². The zero-order valence-electron chi connectivity index (χ0n) is 11.6. The van der Waals surface area contributed by atoms with Crippen molar-refractivity contribution >= 4 is 43.2 Å². The Balaban J connectivity index is 1.82. The molecule has 1 N–H and O–H groups in total. The quantitative estimate of drug-likeness (QED) is 0.731. The van der Waals surface area contributed by atoms with Crippen molar-refractivity contribution in [2.75, 3.05) is 13.2 Å². The Morgan fingerprint density at radius 2 is 1.95 bits per heavy atom. The molecule has 0 aliphatic carbocycles. The van der Waals surface area contributed by atoms with E-state index in [1.807, 2.05) is 0 Å². The van der Waals surface area contributed by atoms with Crippen molar-refractivity contribution in [3.63, 3.8) is 0 Å². The standard InChI is InChI=1S/C16H17Br2NOS/c17-13-3-1-2-12(10-13)16(6-8-20-9-7-16)19-11-14-4-5-15(18)21-14/h1-5,10,19H,6-9,11H2. The van der Waals surface area contributed by atoms with Crippen LogP contribution in [0, 0.1) is 0 Å². The van der Waals surface area contributed by atoms with Crippen LogP contribution in [-0.4, -0.2) is 13.2 Å². The Hall–Kier alpha value is -0.200. The first kappa shape index (κ1) is 15.7. The van der Waals surface area contributed by atoms with Gasteiger partial charge in [-0.3, -0.25) is 0 Å². The van der Waals surface area contributed by atoms with Crippen LogP contribution in [0.1, 0.15) is 23.3 Å². The van der Waals surface area contributed by atoms with E-state index in [-0.39, 0.29) is 5.54 Å². The van der Waals surface area contributed by atoms with E-state index in [0.29, 0.717) is 0 Å². The van der Waals surface area contributed by atoms with Crippen LogP contribution >= 0.6 is 43.2 Å². The molecule has 0 spiro atoms. The van der Waals surface area contributed by atoms with E-state index in [2.05, 4.69) is 73.6 Å². The molecule has 1 fully saturated rings. The molecule has 1 aromatic carbocycles. The minimum atomic E-state index is 0.0124. The summed E-state index contributed by atoms with van der Waals surface area (Å²) in [5.41, 5.74) is 1.36. The van der Waals surface area contributed by atoms with E-state index in [4.69, 9.17) is 4.74 Å². The fraction of sp³-hybridized carbons (Fsp3) is 0.375. The number of nitrogens with one attached hydrogen (secondary N) is 1. The van der Waals surface area contributed by atoms with Gasteiger partial charge in [-0.25, -0.2) is 0 Å². The Kier molecular flexibility index (Phi) is 5.17. The second kappa shape index (κ2) is 6.92. The molecule has 2 aromatic rings. The SMILES string of the molecule is Brc1cccc(C2(NCc3ccc(Br)s3)CCOCC2)c1. The molecule has 1 aliphatic rings. The zero-order valence-corrected chi connectivity index (χ0v) is 15.6. The molecule has 1 aliphatic heterocycles. The molecule has 0 radical (unpaired) electrons. The van der Waals surface area contributed by atoms with Gasteiger partial charge in [0.1, 0.15) is 0 Å². The number of rotatable bonds is 4. The third-order valence-corrected chi connectivity index (χ3v) is 6.07. The van der Waals surface area contributed by atoms with Crippen LogP contribution in [0.2, 0.25) is 0 Å². The summed E-state index contributed by atoms with van der Waals surface area (Å²) in [6, 6.07) is 12.9. The van der Waals surface area contributed by atoms with Crippen molar-refractivity contribution in [3.8, 4) is 0 Å². The smallest absolute Gasteiger partial charge is 0.0701 e. The van der Waals surface area contributed by atoms with Crippen LogP contribution in [0.4, 0.5) is 0 Å². The molecular formula is C16H17Br2NOS. The highest BCUT2D eigenvalue weighted by Gasteiger charge is 2.34. The van der Waals surface area contributed by atoms with E-state index in [1.54, 1.807) is 11.3 Å². The maximum atomic E-state index is 5.58. The number of thiophene rings is 1. The lowest BCUT2D eigenvalue weighted by Crippen LogP contribution is -2.46. The molecule has 2 nitrogen and oxygen atoms in total. The highest BCUT2D eigenvalue weighted by molar-refractivity contribution is 9.11. The van der Waals surface area contributed by atoms with Crippen molar-refractivity contribution in [2.45, 2.75) is 24.9 Å². The van der Waals surface area contributed by atoms with Crippen LogP contribution < -0.4 is 5.32 Å². The molecule has 2 heterocycles. The lowest BCUT2D eigenvalue weighted by atomic mass is 9.82. The maximum absolute atomic E-state index is 5.58. The van der Waals surface area contributed by atoms with Crippen molar-refractivity contribution in [3.05, 3.63) is 55.1 Å². The molecule has 1 aromatic heterocycles. The van der Waals surface area contributed by atoms with Gasteiger partial charge >= 0.3 is 0 Å². The van der Waals surface area contributed by atoms with Crippen molar-refractivity contribution in [1.82, 2.24) is 5.32 Å². The van der Waals surface area contributed by atoms with Gasteiger partial charge in [-0.15, -0.1) is 11.3 Å². The molecule has 3 rings (SSSR count). The van der Waals surface area contributed by atoms with Gasteiger partial charge in [-0.2, -0.15) is 0 Å². The van der Waals surface area contributed by atoms with Crippen LogP contribution in [0.5, 0.6) is 0 Å². The van der Waals surface area contributed by atoms with E-state index in [0.717, 1.165) is 37.1 Å². The minimum absolute atomic E-state index is 0.0124. The maximum Gasteiger partial charge on any atom is 0.0701 e. The highest BCUT2D eigenvalue weighted by atomic mass is 79.9. The van der Waals surface area contributed by atoms with Gasteiger partial charge in [0.2, 0.25) is 0 Å². The number of benzene rings is 1. The molecule has 112 valence electrons. The monoisotopic (exact) mass is 429 g/mol. The number of halogens is 2. The predicted molar refractivity (Wildman–Crippen MR) is 94.7 cm³/mol. The Labute approximate surface area is 146 Å². The fourth-order valence-electron chi connectivity index (χ4n) is 2.78. The molecule has 0 amide bonds. The largest absolute Gasteiger partial charge is 0.381 e. The third kappa shape index (κ3) is 3.77. The molecule has 21 heavy (non-hydrogen) atoms. The zero-order chi connectivity index (χ0) is 14.7. The van der Waals surface area contributed by atoms with Gasteiger partial charge in [-0.1, -0.05) is 28.1 Å². The topological polar surface area (TPSA) is 21.3 Å². The van der Waals surface area contributed by atoms with Crippen LogP contribution in [-0.2, 0) is 16.8 Å². The number of hydrogen-bond donors (Lipinski definition) is 1. The Morgan fingerprint density at radius 1 is 1.14 bits per heavy atom. The van der Waals surface area contributed by atoms with Gasteiger partial charge in [-0.05, 0) is 58.6 Å². The normalized spacial score (nSPS) is 17.8. The molecule has 0 bridgehead atoms. The Morgan fingerprint density at radius 3 is 2.62 bits per heavy atom. The summed E-state index contributed by atoms with van der Waals surface area (Å²) in [5.74, 6) is 0. The van der Waals surface area contributed by atoms with Crippen molar-refractivity contribution in [2.24, 2.45) is 0 Å². The molecule has 0 unspecified atom stereocenters. The second-order valence-electron chi connectivity index (χ2n) is 5.26. The first-order chi connectivity index (χ1) is 10.2. The van der Waals surface area contributed by atoms with Gasteiger partial charge in [0.15, 0.2) is 0 Å².